The summed E-state index contributed by atoms with van der Waals surface area (Å²) < 4.78 is 5.26. The van der Waals surface area contributed by atoms with Crippen LogP contribution in [-0.2, 0) is 0 Å². The summed E-state index contributed by atoms with van der Waals surface area (Å²) in [4.78, 5) is 0.504. The highest BCUT2D eigenvalue weighted by atomic mass is 35.5. The molecule has 2 N–H and O–H groups in total. The molecule has 1 atom stereocenters. The molecule has 0 bridgehead atoms. The second-order valence-electron chi connectivity index (χ2n) is 3.46. The summed E-state index contributed by atoms with van der Waals surface area (Å²) in [5.41, 5.74) is 6.56. The van der Waals surface area contributed by atoms with Gasteiger partial charge in [-0.25, -0.2) is 0 Å². The van der Waals surface area contributed by atoms with Crippen LogP contribution >= 0.6 is 23.8 Å². The summed E-state index contributed by atoms with van der Waals surface area (Å²) in [5.74, 6) is 1.04. The second kappa shape index (κ2) is 5.33. The largest absolute Gasteiger partial charge is 0.496 e. The summed E-state index contributed by atoms with van der Waals surface area (Å²) in [7, 11) is 1.64. The quantitative estimate of drug-likeness (QED) is 0.826. The Hall–Kier alpha value is -0.800. The van der Waals surface area contributed by atoms with Gasteiger partial charge in [-0.1, -0.05) is 30.7 Å². The molecule has 0 fully saturated rings. The minimum absolute atomic E-state index is 0.219. The molecule has 0 saturated carbocycles. The third kappa shape index (κ3) is 3.36. The van der Waals surface area contributed by atoms with E-state index in [9.17, 15) is 0 Å². The minimum atomic E-state index is 0.219. The highest BCUT2D eigenvalue weighted by Crippen LogP contribution is 2.31. The second-order valence-corrected chi connectivity index (χ2v) is 4.42. The smallest absolute Gasteiger partial charge is 0.122 e. The fourth-order valence-corrected chi connectivity index (χ4v) is 1.93. The van der Waals surface area contributed by atoms with Crippen LogP contribution in [0.2, 0.25) is 5.02 Å². The molecule has 0 aliphatic rings. The third-order valence-electron chi connectivity index (χ3n) is 2.23. The molecule has 0 heterocycles. The lowest BCUT2D eigenvalue weighted by atomic mass is 9.97. The van der Waals surface area contributed by atoms with Gasteiger partial charge in [-0.3, -0.25) is 0 Å². The van der Waals surface area contributed by atoms with Crippen LogP contribution in [0.3, 0.4) is 0 Å². The number of halogens is 1. The predicted molar refractivity (Wildman–Crippen MR) is 67.8 cm³/mol. The number of rotatable bonds is 4. The van der Waals surface area contributed by atoms with Crippen LogP contribution in [0.4, 0.5) is 0 Å². The molecule has 4 heteroatoms. The molecule has 0 amide bonds. The van der Waals surface area contributed by atoms with Crippen molar-refractivity contribution in [1.29, 1.82) is 0 Å². The van der Waals surface area contributed by atoms with E-state index in [2.05, 4.69) is 0 Å². The Morgan fingerprint density at radius 1 is 1.60 bits per heavy atom. The summed E-state index contributed by atoms with van der Waals surface area (Å²) in [6.07, 6.45) is 0.659. The Kier molecular flexibility index (Phi) is 4.36. The average Bonchev–Trinajstić information content (AvgIpc) is 2.16. The van der Waals surface area contributed by atoms with Gasteiger partial charge in [0, 0.05) is 11.4 Å². The molecule has 1 aromatic carbocycles. The van der Waals surface area contributed by atoms with E-state index in [1.54, 1.807) is 13.2 Å². The van der Waals surface area contributed by atoms with Crippen LogP contribution < -0.4 is 10.5 Å². The van der Waals surface area contributed by atoms with E-state index < -0.39 is 0 Å². The van der Waals surface area contributed by atoms with Gasteiger partial charge < -0.3 is 10.5 Å². The molecule has 0 spiro atoms. The molecule has 1 rings (SSSR count). The van der Waals surface area contributed by atoms with Gasteiger partial charge in [0.1, 0.15) is 5.75 Å². The first-order chi connectivity index (χ1) is 7.04. The SMILES string of the molecule is COc1ccc(Cl)cc1C(C)CC(N)=S. The number of ether oxygens (including phenoxy) is 1. The molecule has 0 aliphatic carbocycles. The molecule has 0 radical (unpaired) electrons. The van der Waals surface area contributed by atoms with Crippen molar-refractivity contribution in [2.45, 2.75) is 19.3 Å². The molecule has 2 nitrogen and oxygen atoms in total. The molecular weight excluding hydrogens is 230 g/mol. The number of methoxy groups -OCH3 is 1. The number of hydrogen-bond donors (Lipinski definition) is 1. The molecule has 15 heavy (non-hydrogen) atoms. The number of thiocarbonyl (C=S) groups is 1. The van der Waals surface area contributed by atoms with Crippen molar-refractivity contribution in [2.75, 3.05) is 7.11 Å². The molecule has 82 valence electrons. The van der Waals surface area contributed by atoms with Gasteiger partial charge in [-0.15, -0.1) is 0 Å². The lowest BCUT2D eigenvalue weighted by Crippen LogP contribution is -2.12. The molecule has 0 saturated heterocycles. The number of hydrogen-bond acceptors (Lipinski definition) is 2. The van der Waals surface area contributed by atoms with E-state index in [4.69, 9.17) is 34.3 Å². The van der Waals surface area contributed by atoms with Crippen molar-refractivity contribution in [3.05, 3.63) is 28.8 Å². The number of benzene rings is 1. The van der Waals surface area contributed by atoms with Crippen LogP contribution in [0.5, 0.6) is 5.75 Å². The average molecular weight is 244 g/mol. The third-order valence-corrected chi connectivity index (χ3v) is 2.63. The van der Waals surface area contributed by atoms with Crippen molar-refractivity contribution < 1.29 is 4.74 Å². The van der Waals surface area contributed by atoms with Gasteiger partial charge >= 0.3 is 0 Å². The first-order valence-electron chi connectivity index (χ1n) is 4.66. The van der Waals surface area contributed by atoms with E-state index in [-0.39, 0.29) is 5.92 Å². The molecule has 1 aromatic rings. The van der Waals surface area contributed by atoms with Crippen molar-refractivity contribution in [3.8, 4) is 5.75 Å². The van der Waals surface area contributed by atoms with E-state index in [0.29, 0.717) is 16.4 Å². The van der Waals surface area contributed by atoms with Gasteiger partial charge in [0.05, 0.1) is 12.1 Å². The molecular formula is C11H14ClNOS. The molecule has 1 unspecified atom stereocenters. The maximum absolute atomic E-state index is 5.93. The standard InChI is InChI=1S/C11H14ClNOS/c1-7(5-11(13)15)9-6-8(12)3-4-10(9)14-2/h3-4,6-7H,5H2,1-2H3,(H2,13,15). The van der Waals surface area contributed by atoms with E-state index >= 15 is 0 Å². The maximum atomic E-state index is 5.93. The van der Waals surface area contributed by atoms with Gasteiger partial charge in [0.15, 0.2) is 0 Å². The maximum Gasteiger partial charge on any atom is 0.122 e. The van der Waals surface area contributed by atoms with Gasteiger partial charge in [0.25, 0.3) is 0 Å². The fraction of sp³-hybridized carbons (Fsp3) is 0.364. The summed E-state index contributed by atoms with van der Waals surface area (Å²) in [6, 6.07) is 5.55. The van der Waals surface area contributed by atoms with Crippen LogP contribution in [0, 0.1) is 0 Å². The minimum Gasteiger partial charge on any atom is -0.496 e. The Bertz CT molecular complexity index is 368. The first kappa shape index (κ1) is 12.3. The normalized spacial score (nSPS) is 12.2. The van der Waals surface area contributed by atoms with Crippen molar-refractivity contribution >= 4 is 28.8 Å². The van der Waals surface area contributed by atoms with Crippen molar-refractivity contribution in [3.63, 3.8) is 0 Å². The molecule has 0 aliphatic heterocycles. The summed E-state index contributed by atoms with van der Waals surface area (Å²) in [5, 5.41) is 0.695. The predicted octanol–water partition coefficient (Wildman–Crippen LogP) is 3.13. The Labute approximate surface area is 100 Å². The Balaban J connectivity index is 2.99. The molecule has 0 aromatic heterocycles. The zero-order chi connectivity index (χ0) is 11.4. The van der Waals surface area contributed by atoms with Gasteiger partial charge in [0.2, 0.25) is 0 Å². The van der Waals surface area contributed by atoms with Gasteiger partial charge in [-0.2, -0.15) is 0 Å². The van der Waals surface area contributed by atoms with E-state index in [1.165, 1.54) is 0 Å². The van der Waals surface area contributed by atoms with Crippen molar-refractivity contribution in [2.24, 2.45) is 5.73 Å². The number of nitrogens with two attached hydrogens (primary N) is 1. The highest BCUT2D eigenvalue weighted by Gasteiger charge is 2.12. The lowest BCUT2D eigenvalue weighted by molar-refractivity contribution is 0.407. The van der Waals surface area contributed by atoms with Crippen LogP contribution in [-0.4, -0.2) is 12.1 Å². The zero-order valence-corrected chi connectivity index (χ0v) is 10.4. The van der Waals surface area contributed by atoms with Gasteiger partial charge in [-0.05, 0) is 29.7 Å². The topological polar surface area (TPSA) is 35.2 Å². The van der Waals surface area contributed by atoms with Crippen LogP contribution in [0.25, 0.3) is 0 Å². The summed E-state index contributed by atoms with van der Waals surface area (Å²) >= 11 is 10.8. The Morgan fingerprint density at radius 3 is 2.80 bits per heavy atom. The van der Waals surface area contributed by atoms with Crippen LogP contribution in [0.1, 0.15) is 24.8 Å². The summed E-state index contributed by atoms with van der Waals surface area (Å²) in [6.45, 7) is 2.05. The van der Waals surface area contributed by atoms with E-state index in [0.717, 1.165) is 11.3 Å². The zero-order valence-electron chi connectivity index (χ0n) is 8.79. The monoisotopic (exact) mass is 243 g/mol. The first-order valence-corrected chi connectivity index (χ1v) is 5.45. The lowest BCUT2D eigenvalue weighted by Gasteiger charge is -2.15. The Morgan fingerprint density at radius 2 is 2.27 bits per heavy atom. The van der Waals surface area contributed by atoms with E-state index in [1.807, 2.05) is 19.1 Å². The van der Waals surface area contributed by atoms with Crippen molar-refractivity contribution in [1.82, 2.24) is 0 Å². The fourth-order valence-electron chi connectivity index (χ4n) is 1.50. The van der Waals surface area contributed by atoms with Crippen LogP contribution in [0.15, 0.2) is 18.2 Å². The highest BCUT2D eigenvalue weighted by molar-refractivity contribution is 7.80.